The third-order valence-electron chi connectivity index (χ3n) is 8.06. The van der Waals surface area contributed by atoms with Gasteiger partial charge in [0.1, 0.15) is 17.6 Å². The van der Waals surface area contributed by atoms with E-state index < -0.39 is 18.5 Å². The number of rotatable bonds is 6. The second-order valence-electron chi connectivity index (χ2n) is 10.5. The fraction of sp³-hybridized carbons (Fsp3) is 0.680. The van der Waals surface area contributed by atoms with Gasteiger partial charge in [-0.1, -0.05) is 6.42 Å². The topological polar surface area (TPSA) is 108 Å². The number of carbonyl (C=O) groups is 3. The molecule has 0 aliphatic heterocycles. The van der Waals surface area contributed by atoms with Crippen LogP contribution in [0.15, 0.2) is 0 Å². The van der Waals surface area contributed by atoms with Crippen LogP contribution >= 0.6 is 11.3 Å². The van der Waals surface area contributed by atoms with Crippen LogP contribution in [0, 0.1) is 34.5 Å². The molecule has 2 N–H and O–H groups in total. The van der Waals surface area contributed by atoms with Crippen molar-refractivity contribution >= 4 is 34.1 Å². The lowest BCUT2D eigenvalue weighted by Gasteiger charge is -2.55. The van der Waals surface area contributed by atoms with Crippen LogP contribution in [0.2, 0.25) is 0 Å². The minimum atomic E-state index is -0.620. The van der Waals surface area contributed by atoms with Gasteiger partial charge in [0.25, 0.3) is 5.91 Å². The first-order chi connectivity index (χ1) is 16.0. The van der Waals surface area contributed by atoms with Gasteiger partial charge < -0.3 is 15.4 Å². The Morgan fingerprint density at radius 2 is 1.70 bits per heavy atom. The van der Waals surface area contributed by atoms with E-state index in [0.717, 1.165) is 56.9 Å². The minimum Gasteiger partial charge on any atom is -0.454 e. The zero-order valence-electron chi connectivity index (χ0n) is 18.9. The monoisotopic (exact) mass is 469 g/mol. The zero-order chi connectivity index (χ0) is 23.0. The van der Waals surface area contributed by atoms with Crippen molar-refractivity contribution in [1.29, 1.82) is 5.26 Å². The normalized spacial score (nSPS) is 29.5. The fourth-order valence-corrected chi connectivity index (χ4v) is 8.29. The highest BCUT2D eigenvalue weighted by molar-refractivity contribution is 7.16. The molecule has 1 aromatic heterocycles. The first-order valence-corrected chi connectivity index (χ1v) is 13.1. The molecule has 0 spiro atoms. The summed E-state index contributed by atoms with van der Waals surface area (Å²) in [6.45, 7) is -0.649. The van der Waals surface area contributed by atoms with Gasteiger partial charge in [0.05, 0.1) is 5.56 Å². The summed E-state index contributed by atoms with van der Waals surface area (Å²) in [5.74, 6) is 0.853. The smallest absolute Gasteiger partial charge is 0.325 e. The van der Waals surface area contributed by atoms with E-state index in [2.05, 4.69) is 16.7 Å². The molecule has 2 amide bonds. The quantitative estimate of drug-likeness (QED) is 0.488. The van der Waals surface area contributed by atoms with Crippen LogP contribution in [0.25, 0.3) is 0 Å². The van der Waals surface area contributed by atoms with Crippen molar-refractivity contribution in [1.82, 2.24) is 5.32 Å². The summed E-state index contributed by atoms with van der Waals surface area (Å²) in [6, 6.07) is 2.23. The van der Waals surface area contributed by atoms with E-state index >= 15 is 0 Å². The van der Waals surface area contributed by atoms with Gasteiger partial charge in [0.2, 0.25) is 5.91 Å². The Labute approximate surface area is 198 Å². The van der Waals surface area contributed by atoms with Crippen molar-refractivity contribution in [2.75, 3.05) is 18.5 Å². The number of aryl methyl sites for hydroxylation is 1. The Balaban J connectivity index is 1.10. The molecular weight excluding hydrogens is 438 g/mol. The number of amides is 2. The Kier molecular flexibility index (Phi) is 6.17. The summed E-state index contributed by atoms with van der Waals surface area (Å²) in [7, 11) is 0. The van der Waals surface area contributed by atoms with Crippen LogP contribution in [-0.4, -0.2) is 30.9 Å². The molecule has 0 radical (unpaired) electrons. The van der Waals surface area contributed by atoms with Gasteiger partial charge in [-0.3, -0.25) is 14.4 Å². The van der Waals surface area contributed by atoms with Crippen molar-refractivity contribution in [2.45, 2.75) is 70.6 Å². The molecule has 5 aliphatic carbocycles. The first-order valence-electron chi connectivity index (χ1n) is 12.2. The lowest BCUT2D eigenvalue weighted by molar-refractivity contribution is -0.152. The maximum absolute atomic E-state index is 12.9. The lowest BCUT2D eigenvalue weighted by atomic mass is 9.49. The molecular formula is C25H31N3O4S. The second-order valence-corrected chi connectivity index (χ2v) is 11.6. The van der Waals surface area contributed by atoms with Crippen LogP contribution in [0.4, 0.5) is 5.00 Å². The van der Waals surface area contributed by atoms with Gasteiger partial charge in [-0.05, 0) is 87.5 Å². The van der Waals surface area contributed by atoms with E-state index in [-0.39, 0.29) is 17.9 Å². The van der Waals surface area contributed by atoms with E-state index in [4.69, 9.17) is 4.74 Å². The molecule has 0 atom stereocenters. The highest BCUT2D eigenvalue weighted by Crippen LogP contribution is 2.60. The van der Waals surface area contributed by atoms with E-state index in [0.29, 0.717) is 28.3 Å². The van der Waals surface area contributed by atoms with Crippen LogP contribution in [0.5, 0.6) is 0 Å². The summed E-state index contributed by atoms with van der Waals surface area (Å²) in [5.41, 5.74) is 1.29. The molecule has 1 aromatic rings. The van der Waals surface area contributed by atoms with E-state index in [9.17, 15) is 19.6 Å². The fourth-order valence-electron chi connectivity index (χ4n) is 7.04. The van der Waals surface area contributed by atoms with Crippen LogP contribution in [-0.2, 0) is 32.0 Å². The first kappa shape index (κ1) is 22.4. The number of nitriles is 1. The molecule has 4 fully saturated rings. The number of esters is 1. The third-order valence-corrected chi connectivity index (χ3v) is 9.27. The molecule has 5 aliphatic rings. The predicted octanol–water partition coefficient (Wildman–Crippen LogP) is 3.70. The lowest BCUT2D eigenvalue weighted by Crippen LogP contribution is -2.54. The average Bonchev–Trinajstić information content (AvgIpc) is 2.93. The van der Waals surface area contributed by atoms with Crippen molar-refractivity contribution in [3.63, 3.8) is 0 Å². The molecule has 4 bridgehead atoms. The summed E-state index contributed by atoms with van der Waals surface area (Å²) < 4.78 is 5.10. The summed E-state index contributed by atoms with van der Waals surface area (Å²) in [6.07, 6.45) is 11.7. The Morgan fingerprint density at radius 1 is 1.03 bits per heavy atom. The molecule has 0 aromatic carbocycles. The highest BCUT2D eigenvalue weighted by Gasteiger charge is 2.54. The van der Waals surface area contributed by atoms with Gasteiger partial charge in [-0.25, -0.2) is 0 Å². The van der Waals surface area contributed by atoms with E-state index in [1.54, 1.807) is 0 Å². The van der Waals surface area contributed by atoms with Crippen LogP contribution in [0.3, 0.4) is 0 Å². The van der Waals surface area contributed by atoms with Gasteiger partial charge in [0.15, 0.2) is 6.61 Å². The Hall–Kier alpha value is -2.40. The largest absolute Gasteiger partial charge is 0.454 e. The molecule has 176 valence electrons. The van der Waals surface area contributed by atoms with Crippen LogP contribution < -0.4 is 10.6 Å². The number of anilines is 1. The molecule has 33 heavy (non-hydrogen) atoms. The SMILES string of the molecule is N#Cc1c(NC(=O)COC(=O)CNC(=O)C23CC4CC(CC(C4)C2)C3)sc2c1CCCCC2. The summed E-state index contributed by atoms with van der Waals surface area (Å²) in [4.78, 5) is 38.7. The molecule has 7 nitrogen and oxygen atoms in total. The molecule has 6 rings (SSSR count). The summed E-state index contributed by atoms with van der Waals surface area (Å²) >= 11 is 1.45. The van der Waals surface area contributed by atoms with Gasteiger partial charge in [-0.15, -0.1) is 11.3 Å². The minimum absolute atomic E-state index is 0.0262. The Bertz CT molecular complexity index is 973. The van der Waals surface area contributed by atoms with Gasteiger partial charge >= 0.3 is 5.97 Å². The number of nitrogens with zero attached hydrogens (tertiary/aromatic N) is 1. The third kappa shape index (κ3) is 4.52. The number of carbonyl (C=O) groups excluding carboxylic acids is 3. The second kappa shape index (κ2) is 9.09. The van der Waals surface area contributed by atoms with Gasteiger partial charge in [-0.2, -0.15) is 5.26 Å². The standard InChI is InChI=1S/C25H31N3O4S/c26-12-19-18-4-2-1-3-5-20(18)33-23(19)28-21(29)14-32-22(30)13-27-24(31)25-9-15-6-16(10-25)8-17(7-15)11-25/h15-17H,1-11,13-14H2,(H,27,31)(H,28,29). The van der Waals surface area contributed by atoms with E-state index in [1.807, 2.05) is 0 Å². The molecule has 0 saturated heterocycles. The van der Waals surface area contributed by atoms with Crippen molar-refractivity contribution in [2.24, 2.45) is 23.2 Å². The van der Waals surface area contributed by atoms with E-state index in [1.165, 1.54) is 35.5 Å². The van der Waals surface area contributed by atoms with Crippen molar-refractivity contribution < 1.29 is 19.1 Å². The molecule has 8 heteroatoms. The number of hydrogen-bond donors (Lipinski definition) is 2. The number of hydrogen-bond acceptors (Lipinski definition) is 6. The summed E-state index contributed by atoms with van der Waals surface area (Å²) in [5, 5.41) is 15.6. The number of fused-ring (bicyclic) bond motifs is 1. The molecule has 0 unspecified atom stereocenters. The van der Waals surface area contributed by atoms with Crippen molar-refractivity contribution in [3.05, 3.63) is 16.0 Å². The number of ether oxygens (including phenoxy) is 1. The van der Waals surface area contributed by atoms with Crippen molar-refractivity contribution in [3.8, 4) is 6.07 Å². The highest BCUT2D eigenvalue weighted by atomic mass is 32.1. The maximum atomic E-state index is 12.9. The number of thiophene rings is 1. The predicted molar refractivity (Wildman–Crippen MR) is 123 cm³/mol. The molecule has 4 saturated carbocycles. The maximum Gasteiger partial charge on any atom is 0.325 e. The average molecular weight is 470 g/mol. The Morgan fingerprint density at radius 3 is 2.36 bits per heavy atom. The molecule has 1 heterocycles. The number of nitrogens with one attached hydrogen (secondary N) is 2. The van der Waals surface area contributed by atoms with Gasteiger partial charge in [0, 0.05) is 10.3 Å². The van der Waals surface area contributed by atoms with Crippen LogP contribution in [0.1, 0.15) is 73.8 Å². The zero-order valence-corrected chi connectivity index (χ0v) is 19.7.